The predicted molar refractivity (Wildman–Crippen MR) is 538 cm³/mol. The lowest BCUT2D eigenvalue weighted by atomic mass is 9.99. The van der Waals surface area contributed by atoms with E-state index in [-0.39, 0.29) is 0 Å². The average Bonchev–Trinajstić information content (AvgIpc) is 0.742. The zero-order valence-corrected chi connectivity index (χ0v) is 82.6. The number of hydrogen-bond acceptors (Lipinski definition) is 4. The van der Waals surface area contributed by atoms with Gasteiger partial charge in [0, 0.05) is 0 Å². The molecule has 0 heterocycles. The highest BCUT2D eigenvalue weighted by atomic mass is 28.4. The van der Waals surface area contributed by atoms with Crippen LogP contribution in [0.3, 0.4) is 0 Å². The van der Waals surface area contributed by atoms with Gasteiger partial charge in [-0.1, -0.05) is 501 Å². The minimum atomic E-state index is -2.79. The smallest absolute Gasteiger partial charge is 0.270 e. The average molecular weight is 1740 g/mol. The summed E-state index contributed by atoms with van der Waals surface area (Å²) in [5, 5.41) is 11.8. The van der Waals surface area contributed by atoms with Gasteiger partial charge in [0.25, 0.3) is 16.6 Å². The molecule has 7 fully saturated rings. The molecule has 0 radical (unpaired) electrons. The van der Waals surface area contributed by atoms with Crippen molar-refractivity contribution in [1.29, 1.82) is 0 Å². The molecule has 0 bridgehead atoms. The Bertz CT molecular complexity index is 3920. The second-order valence-corrected chi connectivity index (χ2v) is 69.0. The first-order chi connectivity index (χ1) is 58.8. The maximum absolute atomic E-state index is 8.12. The third kappa shape index (κ3) is 21.4. The van der Waals surface area contributed by atoms with Crippen molar-refractivity contribution in [3.05, 3.63) is 303 Å². The van der Waals surface area contributed by atoms with Crippen LogP contribution in [0.5, 0.6) is 0 Å². The van der Waals surface area contributed by atoms with Gasteiger partial charge in [-0.25, -0.2) is 0 Å². The van der Waals surface area contributed by atoms with Gasteiger partial charge in [0.1, 0.15) is 0 Å². The van der Waals surface area contributed by atoms with E-state index < -0.39 is 66.5 Å². The molecule has 120 heavy (non-hydrogen) atoms. The number of hydrogen-bond donors (Lipinski definition) is 0. The van der Waals surface area contributed by atoms with Crippen molar-refractivity contribution < 1.29 is 16.5 Å². The Morgan fingerprint density at radius 3 is 0.692 bits per heavy atom. The van der Waals surface area contributed by atoms with Gasteiger partial charge in [-0.15, -0.1) is 26.3 Å². The van der Waals surface area contributed by atoms with E-state index in [1.54, 1.807) is 0 Å². The summed E-state index contributed by atoms with van der Waals surface area (Å²) in [5.74, 6) is 0. The summed E-state index contributed by atoms with van der Waals surface area (Å²) < 4.78 is 31.1. The monoisotopic (exact) mass is 1730 g/mol. The van der Waals surface area contributed by atoms with Gasteiger partial charge in [0.2, 0.25) is 41.6 Å². The topological polar surface area (TPSA) is 36.9 Å². The molecule has 7 saturated carbocycles. The molecule has 1 unspecified atom stereocenters. The summed E-state index contributed by atoms with van der Waals surface area (Å²) in [6.45, 7) is 28.0. The second kappa shape index (κ2) is 44.8. The molecular formula is C108H150O4Si8. The first-order valence-electron chi connectivity index (χ1n) is 48.2. The lowest BCUT2D eigenvalue weighted by Gasteiger charge is -2.54. The van der Waals surface area contributed by atoms with Crippen LogP contribution in [-0.4, -0.2) is 66.5 Å². The van der Waals surface area contributed by atoms with Gasteiger partial charge in [-0.2, -0.15) is 0 Å². The van der Waals surface area contributed by atoms with Crippen molar-refractivity contribution in [3.63, 3.8) is 0 Å². The maximum Gasteiger partial charge on any atom is 0.270 e. The van der Waals surface area contributed by atoms with Crippen LogP contribution in [0.1, 0.15) is 250 Å². The molecule has 8 aliphatic rings. The Balaban J connectivity index is 0.000000138. The molecule has 0 saturated heterocycles. The normalized spacial score (nSPS) is 19.7. The Hall–Kier alpha value is -5.96. The van der Waals surface area contributed by atoms with Crippen molar-refractivity contribution in [3.8, 4) is 0 Å². The molecule has 4 nitrogen and oxygen atoms in total. The molecule has 8 aromatic carbocycles. The Kier molecular flexibility index (Phi) is 34.2. The molecule has 8 aliphatic carbocycles. The summed E-state index contributed by atoms with van der Waals surface area (Å²) >= 11 is 0. The lowest BCUT2D eigenvalue weighted by Crippen LogP contribution is -2.71. The van der Waals surface area contributed by atoms with Crippen molar-refractivity contribution in [1.82, 2.24) is 0 Å². The quantitative estimate of drug-likeness (QED) is 0.0458. The van der Waals surface area contributed by atoms with E-state index in [0.29, 0.717) is 0 Å². The van der Waals surface area contributed by atoms with E-state index in [2.05, 4.69) is 300 Å². The van der Waals surface area contributed by atoms with Gasteiger partial charge in [-0.05, 0) is 132 Å². The minimum absolute atomic E-state index is 0.834. The summed E-state index contributed by atoms with van der Waals surface area (Å²) in [4.78, 5) is 0. The maximum atomic E-state index is 8.12. The Morgan fingerprint density at radius 1 is 0.233 bits per heavy atom. The van der Waals surface area contributed by atoms with E-state index in [0.717, 1.165) is 38.8 Å². The minimum Gasteiger partial charge on any atom is -0.451 e. The van der Waals surface area contributed by atoms with Crippen LogP contribution < -0.4 is 41.5 Å². The van der Waals surface area contributed by atoms with Crippen LogP contribution in [0.15, 0.2) is 303 Å². The molecular weight excluding hydrogens is 1590 g/mol. The molecule has 12 heteroatoms. The van der Waals surface area contributed by atoms with Crippen molar-refractivity contribution >= 4 is 108 Å². The van der Waals surface area contributed by atoms with E-state index >= 15 is 0 Å². The number of allylic oxidation sites excluding steroid dienone is 2. The Labute approximate surface area is 737 Å². The molecule has 16 rings (SSSR count). The van der Waals surface area contributed by atoms with Gasteiger partial charge in [-0.3, -0.25) is 0 Å². The molecule has 0 amide bonds. The predicted octanol–water partition coefficient (Wildman–Crippen LogP) is 26.6. The van der Waals surface area contributed by atoms with E-state index in [9.17, 15) is 0 Å². The van der Waals surface area contributed by atoms with Crippen molar-refractivity contribution in [2.75, 3.05) is 0 Å². The van der Waals surface area contributed by atoms with Crippen molar-refractivity contribution in [2.45, 2.75) is 315 Å². The highest BCUT2D eigenvalue weighted by molar-refractivity contribution is 7.13. The van der Waals surface area contributed by atoms with E-state index in [4.69, 9.17) is 16.5 Å². The van der Waals surface area contributed by atoms with E-state index in [1.165, 1.54) is 292 Å². The van der Waals surface area contributed by atoms with Crippen LogP contribution >= 0.6 is 0 Å². The molecule has 638 valence electrons. The number of rotatable bonds is 28. The fraction of sp³-hybridized carbons (Fsp3) is 0.463. The summed E-state index contributed by atoms with van der Waals surface area (Å²) in [6, 6.07) is 85.2. The van der Waals surface area contributed by atoms with Gasteiger partial charge >= 0.3 is 0 Å². The first kappa shape index (κ1) is 91.7. The fourth-order valence-corrected chi connectivity index (χ4v) is 69.0. The van der Waals surface area contributed by atoms with Crippen molar-refractivity contribution in [2.24, 2.45) is 0 Å². The highest BCUT2D eigenvalue weighted by Gasteiger charge is 2.59. The van der Waals surface area contributed by atoms with Crippen LogP contribution in [-0.2, 0) is 16.5 Å². The molecule has 0 aliphatic heterocycles. The zero-order chi connectivity index (χ0) is 83.5. The van der Waals surface area contributed by atoms with Gasteiger partial charge in [0.05, 0.1) is 0 Å². The highest BCUT2D eigenvalue weighted by Crippen LogP contribution is 2.58. The summed E-state index contributed by atoms with van der Waals surface area (Å²) in [7, 11) is -18.1. The molecule has 0 spiro atoms. The van der Waals surface area contributed by atoms with Crippen LogP contribution in [0.2, 0.25) is 65.0 Å². The SMILES string of the molecule is C=C[Si](O[Si](C=C)(C1CCCCC1)C1CCCCC1)(C1CCCCC1)C1CCCCC1.C=C[Si](O[Si](C=C)(c1ccccc1)c1ccccc1)(c1ccccc1)c1ccccc1.C[Si](O[Si](C)(C1CCCCC1)C1CCCCC1)(C1=CCCCC1)C1CCCCC1.C[Si](O[Si](C)(c1ccccc1)c1ccccc1)(c1ccccc1)c1ccccc1. The van der Waals surface area contributed by atoms with E-state index in [1.807, 2.05) is 29.5 Å². The second-order valence-electron chi connectivity index (χ2n) is 38.0. The molecule has 8 aromatic rings. The Morgan fingerprint density at radius 2 is 0.467 bits per heavy atom. The molecule has 0 aromatic heterocycles. The van der Waals surface area contributed by atoms with Gasteiger partial charge in [0.15, 0.2) is 8.32 Å². The third-order valence-electron chi connectivity index (χ3n) is 31.0. The van der Waals surface area contributed by atoms with Crippen LogP contribution in [0, 0.1) is 0 Å². The van der Waals surface area contributed by atoms with Crippen LogP contribution in [0.25, 0.3) is 0 Å². The molecule has 0 N–H and O–H groups in total. The molecule has 1 atom stereocenters. The summed E-state index contributed by atoms with van der Waals surface area (Å²) in [6.07, 6.45) is 59.0. The zero-order valence-electron chi connectivity index (χ0n) is 74.6. The lowest BCUT2D eigenvalue weighted by molar-refractivity contribution is 0.350. The first-order valence-corrected chi connectivity index (χ1v) is 66.4. The third-order valence-corrected chi connectivity index (χ3v) is 71.7. The van der Waals surface area contributed by atoms with Gasteiger partial charge < -0.3 is 16.5 Å². The largest absolute Gasteiger partial charge is 0.451 e. The number of benzene rings is 8. The fourth-order valence-electron chi connectivity index (χ4n) is 24.1. The summed E-state index contributed by atoms with van der Waals surface area (Å²) in [5.41, 5.74) is 15.3. The standard InChI is InChI=1S/C28H50OSi2.C28H26OSi2.C26H48OSi2.C26H26OSi2/c2*1-3-30(25-17-9-5-10-18-25,26-19-11-6-12-20-26)29-31(4-2,27-21-13-7-14-22-27)28-23-15-8-16-24-28;2*1-28(23-15-7-3-8-16-23,24-17-9-4-10-18-24)27-29(2,25-19-11-5-12-20-25)26-21-13-6-14-22-26/h3-4,25-28H,1-2,5-24H2;3-24H,1-2H2;15,24-26H,3-14,16-22H2,1-2H3;3-22H,1-2H3. The van der Waals surface area contributed by atoms with Crippen LogP contribution in [0.4, 0.5) is 0 Å².